The summed E-state index contributed by atoms with van der Waals surface area (Å²) in [6, 6.07) is 13.8. The van der Waals surface area contributed by atoms with Gasteiger partial charge in [0.2, 0.25) is 0 Å². The monoisotopic (exact) mass is 459 g/mol. The van der Waals surface area contributed by atoms with Gasteiger partial charge in [-0.15, -0.1) is 0 Å². The molecule has 0 bridgehead atoms. The number of rotatable bonds is 3. The Morgan fingerprint density at radius 1 is 1.03 bits per heavy atom. The minimum atomic E-state index is -4.50. The highest BCUT2D eigenvalue weighted by molar-refractivity contribution is 8.27. The molecule has 158 valence electrons. The fourth-order valence-corrected chi connectivity index (χ4v) is 4.48. The van der Waals surface area contributed by atoms with Crippen LogP contribution in [-0.4, -0.2) is 10.2 Å². The Kier molecular flexibility index (Phi) is 5.53. The van der Waals surface area contributed by atoms with Gasteiger partial charge < -0.3 is 4.42 Å². The lowest BCUT2D eigenvalue weighted by atomic mass is 10.1. The Labute approximate surface area is 186 Å². The average Bonchev–Trinajstić information content (AvgIpc) is 3.28. The molecule has 0 saturated carbocycles. The normalized spacial score (nSPS) is 15.9. The second kappa shape index (κ2) is 8.01. The minimum Gasteiger partial charge on any atom is -0.457 e. The molecule has 0 N–H and O–H groups in total. The number of hydrogen-bond acceptors (Lipinski definition) is 4. The number of benzene rings is 2. The van der Waals surface area contributed by atoms with E-state index in [1.165, 1.54) is 41.3 Å². The first kappa shape index (κ1) is 21.4. The number of anilines is 1. The van der Waals surface area contributed by atoms with Gasteiger partial charge in [0, 0.05) is 11.6 Å². The van der Waals surface area contributed by atoms with Gasteiger partial charge in [-0.3, -0.25) is 9.69 Å². The van der Waals surface area contributed by atoms with Crippen molar-refractivity contribution in [1.82, 2.24) is 0 Å². The third-order valence-electron chi connectivity index (χ3n) is 4.94. The molecule has 0 radical (unpaired) electrons. The topological polar surface area (TPSA) is 33.5 Å². The van der Waals surface area contributed by atoms with Gasteiger partial charge in [0.1, 0.15) is 11.5 Å². The molecule has 1 aliphatic heterocycles. The van der Waals surface area contributed by atoms with E-state index in [9.17, 15) is 18.0 Å². The van der Waals surface area contributed by atoms with Crippen LogP contribution in [-0.2, 0) is 11.0 Å². The number of furan rings is 1. The van der Waals surface area contributed by atoms with Crippen LogP contribution in [0.5, 0.6) is 0 Å². The van der Waals surface area contributed by atoms with Gasteiger partial charge >= 0.3 is 6.18 Å². The summed E-state index contributed by atoms with van der Waals surface area (Å²) in [5, 5.41) is 0. The highest BCUT2D eigenvalue weighted by atomic mass is 32.2. The number of thiocarbonyl (C=S) groups is 1. The number of aryl methyl sites for hydroxylation is 2. The molecule has 1 aromatic heterocycles. The van der Waals surface area contributed by atoms with E-state index < -0.39 is 11.7 Å². The molecule has 2 heterocycles. The van der Waals surface area contributed by atoms with Crippen LogP contribution in [0.15, 0.2) is 63.9 Å². The standard InChI is InChI=1S/C23H16F3NO2S2/c1-13-7-8-15(11-14(13)2)27-21(28)20(31-22(27)30)12-16-9-10-19(29-16)17-5-3-4-6-18(17)23(24,25)26/h3-12H,1-2H3/b20-12+. The number of amides is 1. The second-order valence-corrected chi connectivity index (χ2v) is 8.71. The summed E-state index contributed by atoms with van der Waals surface area (Å²) in [5.74, 6) is 0.0447. The van der Waals surface area contributed by atoms with E-state index in [0.29, 0.717) is 14.9 Å². The summed E-state index contributed by atoms with van der Waals surface area (Å²) >= 11 is 6.50. The number of alkyl halides is 3. The number of nitrogens with zero attached hydrogens (tertiary/aromatic N) is 1. The molecule has 1 fully saturated rings. The van der Waals surface area contributed by atoms with Crippen molar-refractivity contribution in [2.75, 3.05) is 4.90 Å². The lowest BCUT2D eigenvalue weighted by Crippen LogP contribution is -2.27. The van der Waals surface area contributed by atoms with Crippen molar-refractivity contribution < 1.29 is 22.4 Å². The number of thioether (sulfide) groups is 1. The summed E-state index contributed by atoms with van der Waals surface area (Å²) in [6.07, 6.45) is -3.00. The quantitative estimate of drug-likeness (QED) is 0.312. The minimum absolute atomic E-state index is 0.0580. The molecule has 8 heteroatoms. The maximum absolute atomic E-state index is 13.3. The van der Waals surface area contributed by atoms with E-state index in [-0.39, 0.29) is 23.0 Å². The predicted octanol–water partition coefficient (Wildman–Crippen LogP) is 6.99. The first-order chi connectivity index (χ1) is 14.6. The van der Waals surface area contributed by atoms with Crippen LogP contribution in [0.3, 0.4) is 0 Å². The van der Waals surface area contributed by atoms with Crippen molar-refractivity contribution >= 4 is 46.0 Å². The molecule has 0 atom stereocenters. The summed E-state index contributed by atoms with van der Waals surface area (Å²) in [5.41, 5.74) is 1.98. The van der Waals surface area contributed by atoms with Crippen LogP contribution in [0.1, 0.15) is 22.5 Å². The molecule has 1 amide bonds. The third kappa shape index (κ3) is 4.18. The Bertz CT molecular complexity index is 1230. The zero-order chi connectivity index (χ0) is 22.3. The van der Waals surface area contributed by atoms with E-state index in [2.05, 4.69) is 0 Å². The largest absolute Gasteiger partial charge is 0.457 e. The van der Waals surface area contributed by atoms with Crippen molar-refractivity contribution in [3.05, 3.63) is 82.0 Å². The SMILES string of the molecule is Cc1ccc(N2C(=O)/C(=C\c3ccc(-c4ccccc4C(F)(F)F)o3)SC2=S)cc1C. The van der Waals surface area contributed by atoms with Gasteiger partial charge in [-0.05, 0) is 55.3 Å². The predicted molar refractivity (Wildman–Crippen MR) is 121 cm³/mol. The number of carbonyl (C=O) groups excluding carboxylic acids is 1. The van der Waals surface area contributed by atoms with Gasteiger partial charge in [0.15, 0.2) is 4.32 Å². The van der Waals surface area contributed by atoms with Crippen molar-refractivity contribution in [2.24, 2.45) is 0 Å². The Hall–Kier alpha value is -2.84. The second-order valence-electron chi connectivity index (χ2n) is 7.03. The van der Waals surface area contributed by atoms with Crippen LogP contribution in [0.2, 0.25) is 0 Å². The van der Waals surface area contributed by atoms with Crippen molar-refractivity contribution in [2.45, 2.75) is 20.0 Å². The van der Waals surface area contributed by atoms with Gasteiger partial charge in [-0.1, -0.05) is 48.2 Å². The molecule has 0 unspecified atom stereocenters. The first-order valence-corrected chi connectivity index (χ1v) is 10.5. The van der Waals surface area contributed by atoms with Crippen LogP contribution in [0.25, 0.3) is 17.4 Å². The van der Waals surface area contributed by atoms with Crippen molar-refractivity contribution in [3.8, 4) is 11.3 Å². The lowest BCUT2D eigenvalue weighted by molar-refractivity contribution is -0.137. The van der Waals surface area contributed by atoms with Crippen LogP contribution >= 0.6 is 24.0 Å². The summed E-state index contributed by atoms with van der Waals surface area (Å²) in [7, 11) is 0. The fourth-order valence-electron chi connectivity index (χ4n) is 3.20. The molecule has 3 nitrogen and oxygen atoms in total. The van der Waals surface area contributed by atoms with Crippen LogP contribution in [0.4, 0.5) is 18.9 Å². The Balaban J connectivity index is 1.64. The van der Waals surface area contributed by atoms with Crippen LogP contribution in [0, 0.1) is 13.8 Å². The maximum Gasteiger partial charge on any atom is 0.417 e. The van der Waals surface area contributed by atoms with E-state index in [1.54, 1.807) is 0 Å². The average molecular weight is 460 g/mol. The van der Waals surface area contributed by atoms with Crippen LogP contribution < -0.4 is 4.90 Å². The lowest BCUT2D eigenvalue weighted by Gasteiger charge is -2.15. The summed E-state index contributed by atoms with van der Waals surface area (Å²) < 4.78 is 45.9. The molecule has 1 saturated heterocycles. The molecular formula is C23H16F3NO2S2. The van der Waals surface area contributed by atoms with Crippen molar-refractivity contribution in [1.29, 1.82) is 0 Å². The molecule has 4 rings (SSSR count). The molecule has 0 aliphatic carbocycles. The highest BCUT2D eigenvalue weighted by Gasteiger charge is 2.35. The van der Waals surface area contributed by atoms with E-state index in [0.717, 1.165) is 29.0 Å². The Morgan fingerprint density at radius 2 is 1.77 bits per heavy atom. The molecule has 0 spiro atoms. The highest BCUT2D eigenvalue weighted by Crippen LogP contribution is 2.39. The molecule has 3 aromatic rings. The maximum atomic E-state index is 13.3. The smallest absolute Gasteiger partial charge is 0.417 e. The summed E-state index contributed by atoms with van der Waals surface area (Å²) in [6.45, 7) is 3.93. The first-order valence-electron chi connectivity index (χ1n) is 9.27. The fraction of sp³-hybridized carbons (Fsp3) is 0.130. The van der Waals surface area contributed by atoms with Gasteiger partial charge in [-0.25, -0.2) is 0 Å². The van der Waals surface area contributed by atoms with E-state index in [4.69, 9.17) is 16.6 Å². The number of hydrogen-bond donors (Lipinski definition) is 0. The Morgan fingerprint density at radius 3 is 2.48 bits per heavy atom. The van der Waals surface area contributed by atoms with Gasteiger partial charge in [-0.2, -0.15) is 13.2 Å². The van der Waals surface area contributed by atoms with E-state index >= 15 is 0 Å². The molecule has 31 heavy (non-hydrogen) atoms. The van der Waals surface area contributed by atoms with E-state index in [1.807, 2.05) is 32.0 Å². The van der Waals surface area contributed by atoms with Crippen molar-refractivity contribution in [3.63, 3.8) is 0 Å². The zero-order valence-electron chi connectivity index (χ0n) is 16.5. The number of halogens is 3. The van der Waals surface area contributed by atoms with Gasteiger partial charge in [0.25, 0.3) is 5.91 Å². The summed E-state index contributed by atoms with van der Waals surface area (Å²) in [4.78, 5) is 14.7. The number of carbonyl (C=O) groups is 1. The molecule has 2 aromatic carbocycles. The van der Waals surface area contributed by atoms with Gasteiger partial charge in [0.05, 0.1) is 16.2 Å². The zero-order valence-corrected chi connectivity index (χ0v) is 18.1. The molecule has 1 aliphatic rings. The third-order valence-corrected chi connectivity index (χ3v) is 6.24. The molecular weight excluding hydrogens is 443 g/mol.